The Labute approximate surface area is 230 Å². The van der Waals surface area contributed by atoms with Crippen molar-refractivity contribution in [2.24, 2.45) is 0 Å². The first-order valence-corrected chi connectivity index (χ1v) is 13.1. The average molecular weight is 530 g/mol. The predicted octanol–water partition coefficient (Wildman–Crippen LogP) is 5.94. The zero-order valence-corrected chi connectivity index (χ0v) is 23.2. The standard InChI is InChI=1S/C25H27N7O.C2H6.C2H4.CH2O/c1-26-23-8-6-20(15-28-23)29-25(33)24-21-12-18(5-7-22(21)30-31-24)19-11-17(13-27-14-19)16-32-9-3-2-4-10-32;3*1-2/h5-8,11-15H,2-4,9-10,16H2,1H3,(H,26,28)(H,29,33)(H,30,31);1-2H3;1-2H2;1H2. The Bertz CT molecular complexity index is 1300. The van der Waals surface area contributed by atoms with Crippen molar-refractivity contribution < 1.29 is 9.59 Å². The maximum atomic E-state index is 12.9. The number of nitrogens with one attached hydrogen (secondary N) is 3. The number of carbonyl (C=O) groups excluding carboxylic acids is 2. The average Bonchev–Trinajstić information content (AvgIpc) is 3.45. The lowest BCUT2D eigenvalue weighted by Gasteiger charge is -2.26. The molecular formula is C30H39N7O2. The number of hydrogen-bond acceptors (Lipinski definition) is 7. The van der Waals surface area contributed by atoms with Gasteiger partial charge in [0.15, 0.2) is 5.69 Å². The van der Waals surface area contributed by atoms with Crippen molar-refractivity contribution in [1.29, 1.82) is 0 Å². The van der Waals surface area contributed by atoms with E-state index in [-0.39, 0.29) is 5.91 Å². The number of benzene rings is 1. The number of carbonyl (C=O) groups is 2. The van der Waals surface area contributed by atoms with Crippen LogP contribution in [0, 0.1) is 0 Å². The quantitative estimate of drug-likeness (QED) is 0.265. The lowest BCUT2D eigenvalue weighted by molar-refractivity contribution is -0.0980. The lowest BCUT2D eigenvalue weighted by atomic mass is 10.0. The summed E-state index contributed by atoms with van der Waals surface area (Å²) in [6.07, 6.45) is 9.29. The fourth-order valence-corrected chi connectivity index (χ4v) is 4.28. The molecule has 3 aromatic heterocycles. The van der Waals surface area contributed by atoms with Gasteiger partial charge in [0.1, 0.15) is 12.6 Å². The van der Waals surface area contributed by atoms with Crippen LogP contribution in [-0.2, 0) is 11.3 Å². The zero-order chi connectivity index (χ0) is 28.6. The van der Waals surface area contributed by atoms with Gasteiger partial charge in [0.05, 0.1) is 17.4 Å². The van der Waals surface area contributed by atoms with Gasteiger partial charge < -0.3 is 15.4 Å². The van der Waals surface area contributed by atoms with Gasteiger partial charge in [0.2, 0.25) is 0 Å². The summed E-state index contributed by atoms with van der Waals surface area (Å²) in [4.78, 5) is 32.1. The molecule has 0 saturated carbocycles. The minimum Gasteiger partial charge on any atom is -0.373 e. The summed E-state index contributed by atoms with van der Waals surface area (Å²) in [7, 11) is 1.80. The second-order valence-corrected chi connectivity index (χ2v) is 8.39. The molecular weight excluding hydrogens is 490 g/mol. The maximum Gasteiger partial charge on any atom is 0.276 e. The Morgan fingerprint density at radius 3 is 2.38 bits per heavy atom. The van der Waals surface area contributed by atoms with Crippen LogP contribution in [0.5, 0.6) is 0 Å². The van der Waals surface area contributed by atoms with Crippen LogP contribution in [0.3, 0.4) is 0 Å². The molecule has 9 nitrogen and oxygen atoms in total. The van der Waals surface area contributed by atoms with Crippen LogP contribution in [0.4, 0.5) is 11.5 Å². The van der Waals surface area contributed by atoms with E-state index >= 15 is 0 Å². The maximum absolute atomic E-state index is 12.9. The van der Waals surface area contributed by atoms with Crippen LogP contribution >= 0.6 is 0 Å². The Morgan fingerprint density at radius 1 is 0.974 bits per heavy atom. The van der Waals surface area contributed by atoms with Crippen molar-refractivity contribution in [3.63, 3.8) is 0 Å². The molecule has 0 radical (unpaired) electrons. The summed E-state index contributed by atoms with van der Waals surface area (Å²) >= 11 is 0. The molecule has 0 spiro atoms. The molecule has 206 valence electrons. The Hall–Kier alpha value is -4.37. The van der Waals surface area contributed by atoms with E-state index in [2.05, 4.69) is 54.9 Å². The highest BCUT2D eigenvalue weighted by atomic mass is 16.2. The molecule has 4 aromatic rings. The lowest BCUT2D eigenvalue weighted by Crippen LogP contribution is -2.29. The smallest absolute Gasteiger partial charge is 0.276 e. The number of nitrogens with zero attached hydrogens (tertiary/aromatic N) is 4. The Kier molecular flexibility index (Phi) is 13.0. The number of aromatic amines is 1. The number of anilines is 2. The summed E-state index contributed by atoms with van der Waals surface area (Å²) < 4.78 is 0. The monoisotopic (exact) mass is 529 g/mol. The van der Waals surface area contributed by atoms with Gasteiger partial charge >= 0.3 is 0 Å². The number of likely N-dealkylation sites (tertiary alicyclic amines) is 1. The van der Waals surface area contributed by atoms with Gasteiger partial charge in [0, 0.05) is 36.9 Å². The van der Waals surface area contributed by atoms with Crippen LogP contribution < -0.4 is 10.6 Å². The van der Waals surface area contributed by atoms with E-state index in [4.69, 9.17) is 4.79 Å². The third kappa shape index (κ3) is 8.31. The highest BCUT2D eigenvalue weighted by molar-refractivity contribution is 6.11. The number of piperidine rings is 1. The third-order valence-corrected chi connectivity index (χ3v) is 6.04. The molecule has 1 aliphatic rings. The van der Waals surface area contributed by atoms with Crippen molar-refractivity contribution in [3.8, 4) is 11.1 Å². The van der Waals surface area contributed by atoms with Gasteiger partial charge in [-0.05, 0) is 67.4 Å². The number of hydrogen-bond donors (Lipinski definition) is 3. The summed E-state index contributed by atoms with van der Waals surface area (Å²) in [6.45, 7) is 15.2. The third-order valence-electron chi connectivity index (χ3n) is 6.04. The Morgan fingerprint density at radius 2 is 1.72 bits per heavy atom. The van der Waals surface area contributed by atoms with Gasteiger partial charge in [-0.3, -0.25) is 19.8 Å². The molecule has 1 saturated heterocycles. The van der Waals surface area contributed by atoms with E-state index in [9.17, 15) is 4.79 Å². The molecule has 9 heteroatoms. The number of pyridine rings is 2. The van der Waals surface area contributed by atoms with Crippen molar-refractivity contribution in [1.82, 2.24) is 25.1 Å². The molecule has 0 bridgehead atoms. The van der Waals surface area contributed by atoms with Gasteiger partial charge in [-0.2, -0.15) is 5.10 Å². The molecule has 4 heterocycles. The fourth-order valence-electron chi connectivity index (χ4n) is 4.28. The van der Waals surface area contributed by atoms with Crippen LogP contribution in [0.2, 0.25) is 0 Å². The molecule has 1 aromatic carbocycles. The number of H-pyrrole nitrogens is 1. The van der Waals surface area contributed by atoms with Crippen molar-refractivity contribution in [2.75, 3.05) is 30.8 Å². The molecule has 3 N–H and O–H groups in total. The van der Waals surface area contributed by atoms with E-state index in [0.717, 1.165) is 47.5 Å². The molecule has 1 aliphatic heterocycles. The first-order chi connectivity index (χ1) is 19.2. The number of aromatic nitrogens is 4. The van der Waals surface area contributed by atoms with Crippen LogP contribution in [0.25, 0.3) is 22.0 Å². The summed E-state index contributed by atoms with van der Waals surface area (Å²) in [5.74, 6) is 0.452. The topological polar surface area (TPSA) is 116 Å². The van der Waals surface area contributed by atoms with Crippen molar-refractivity contribution >= 4 is 35.1 Å². The summed E-state index contributed by atoms with van der Waals surface area (Å²) in [5, 5.41) is 13.8. The number of amides is 1. The second kappa shape index (κ2) is 16.5. The van der Waals surface area contributed by atoms with E-state index < -0.39 is 0 Å². The van der Waals surface area contributed by atoms with Gasteiger partial charge in [0.25, 0.3) is 5.91 Å². The van der Waals surface area contributed by atoms with E-state index in [1.165, 1.54) is 24.8 Å². The van der Waals surface area contributed by atoms with E-state index in [1.54, 1.807) is 25.4 Å². The molecule has 0 atom stereocenters. The van der Waals surface area contributed by atoms with Crippen molar-refractivity contribution in [2.45, 2.75) is 39.7 Å². The SMILES string of the molecule is C=C.C=O.CC.CNc1ccc(NC(=O)c2n[nH]c3ccc(-c4cncc(CN5CCCCC5)c4)cc23)cn1. The molecule has 39 heavy (non-hydrogen) atoms. The predicted molar refractivity (Wildman–Crippen MR) is 160 cm³/mol. The van der Waals surface area contributed by atoms with Gasteiger partial charge in [-0.25, -0.2) is 4.98 Å². The fraction of sp³-hybridized carbons (Fsp3) is 0.300. The largest absolute Gasteiger partial charge is 0.373 e. The minimum atomic E-state index is -0.283. The highest BCUT2D eigenvalue weighted by Gasteiger charge is 2.16. The molecule has 1 fully saturated rings. The summed E-state index contributed by atoms with van der Waals surface area (Å²) in [6, 6.07) is 11.8. The number of rotatable bonds is 6. The van der Waals surface area contributed by atoms with Crippen molar-refractivity contribution in [3.05, 3.63) is 79.4 Å². The first kappa shape index (κ1) is 30.9. The highest BCUT2D eigenvalue weighted by Crippen LogP contribution is 2.26. The number of fused-ring (bicyclic) bond motifs is 1. The first-order valence-electron chi connectivity index (χ1n) is 13.1. The van der Waals surface area contributed by atoms with E-state index in [1.807, 2.05) is 51.2 Å². The van der Waals surface area contributed by atoms with Crippen LogP contribution in [0.1, 0.15) is 49.2 Å². The summed E-state index contributed by atoms with van der Waals surface area (Å²) in [5.41, 5.74) is 5.02. The van der Waals surface area contributed by atoms with Gasteiger partial charge in [-0.1, -0.05) is 26.3 Å². The molecule has 5 rings (SSSR count). The molecule has 0 aliphatic carbocycles. The van der Waals surface area contributed by atoms with Crippen LogP contribution in [-0.4, -0.2) is 57.9 Å². The minimum absolute atomic E-state index is 0.283. The van der Waals surface area contributed by atoms with Gasteiger partial charge in [-0.15, -0.1) is 13.2 Å². The second-order valence-electron chi connectivity index (χ2n) is 8.39. The van der Waals surface area contributed by atoms with Crippen LogP contribution in [0.15, 0.2) is 68.1 Å². The normalized spacial score (nSPS) is 12.5. The zero-order valence-electron chi connectivity index (χ0n) is 23.2. The molecule has 1 amide bonds. The Balaban J connectivity index is 0.000000833. The molecule has 0 unspecified atom stereocenters. The van der Waals surface area contributed by atoms with E-state index in [0.29, 0.717) is 11.4 Å².